The molecule has 0 aliphatic carbocycles. The molecule has 158 valence electrons. The van der Waals surface area contributed by atoms with Crippen molar-refractivity contribution in [3.05, 3.63) is 71.8 Å². The second-order valence-corrected chi connectivity index (χ2v) is 6.50. The zero-order valence-corrected chi connectivity index (χ0v) is 16.9. The number of benzene rings is 2. The van der Waals surface area contributed by atoms with Crippen LogP contribution in [0, 0.1) is 0 Å². The quantitative estimate of drug-likeness (QED) is 0.549. The Bertz CT molecular complexity index is 693. The number of amides is 1. The third kappa shape index (κ3) is 8.62. The lowest BCUT2D eigenvalue weighted by Gasteiger charge is -2.27. The summed E-state index contributed by atoms with van der Waals surface area (Å²) in [6.45, 7) is 0.764. The van der Waals surface area contributed by atoms with Gasteiger partial charge < -0.3 is 29.0 Å². The summed E-state index contributed by atoms with van der Waals surface area (Å²) >= 11 is 0. The summed E-state index contributed by atoms with van der Waals surface area (Å²) in [5.41, 5.74) is 1.89. The highest BCUT2D eigenvalue weighted by Crippen LogP contribution is 2.07. The number of aliphatic hydroxyl groups excluding tert-OH is 1. The summed E-state index contributed by atoms with van der Waals surface area (Å²) in [5.74, 6) is 0. The number of carbonyl (C=O) groups excluding carboxylic acids is 1. The van der Waals surface area contributed by atoms with E-state index >= 15 is 0 Å². The fourth-order valence-corrected chi connectivity index (χ4v) is 2.65. The molecule has 0 aliphatic heterocycles. The molecular weight excluding hydrogens is 374 g/mol. The van der Waals surface area contributed by atoms with Gasteiger partial charge in [0.1, 0.15) is 6.61 Å². The largest absolute Gasteiger partial charge is 0.445 e. The lowest BCUT2D eigenvalue weighted by atomic mass is 10.2. The maximum atomic E-state index is 12.6. The highest BCUT2D eigenvalue weighted by atomic mass is 16.7. The Kier molecular flexibility index (Phi) is 10.2. The monoisotopic (exact) mass is 403 g/mol. The predicted octanol–water partition coefficient (Wildman–Crippen LogP) is 2.82. The van der Waals surface area contributed by atoms with Crippen LogP contribution in [0.15, 0.2) is 60.7 Å². The lowest BCUT2D eigenvalue weighted by molar-refractivity contribution is -0.117. The molecule has 0 saturated heterocycles. The van der Waals surface area contributed by atoms with Crippen LogP contribution >= 0.6 is 0 Å². The lowest BCUT2D eigenvalue weighted by Crippen LogP contribution is -2.44. The second kappa shape index (κ2) is 12.9. The number of carbonyl (C=O) groups is 1. The molecule has 7 nitrogen and oxygen atoms in total. The molecule has 29 heavy (non-hydrogen) atoms. The van der Waals surface area contributed by atoms with Crippen LogP contribution in [0.25, 0.3) is 0 Å². The van der Waals surface area contributed by atoms with E-state index in [0.717, 1.165) is 11.1 Å². The molecule has 0 unspecified atom stereocenters. The van der Waals surface area contributed by atoms with Crippen LogP contribution in [0.2, 0.25) is 0 Å². The Morgan fingerprint density at radius 1 is 0.897 bits per heavy atom. The molecule has 1 N–H and O–H groups in total. The Morgan fingerprint density at radius 2 is 1.45 bits per heavy atom. The van der Waals surface area contributed by atoms with Gasteiger partial charge in [0.15, 0.2) is 6.29 Å². The molecule has 2 aromatic carbocycles. The van der Waals surface area contributed by atoms with E-state index in [-0.39, 0.29) is 26.3 Å². The van der Waals surface area contributed by atoms with Crippen LogP contribution in [-0.2, 0) is 32.2 Å². The molecule has 0 saturated carbocycles. The molecule has 0 aliphatic rings. The summed E-state index contributed by atoms with van der Waals surface area (Å²) in [4.78, 5) is 13.9. The normalized spacial score (nSPS) is 12.0. The van der Waals surface area contributed by atoms with Crippen LogP contribution < -0.4 is 0 Å². The molecule has 1 amide bonds. The van der Waals surface area contributed by atoms with Crippen molar-refractivity contribution < 1.29 is 28.8 Å². The van der Waals surface area contributed by atoms with Crippen molar-refractivity contribution in [2.24, 2.45) is 0 Å². The average Bonchev–Trinajstić information content (AvgIpc) is 2.76. The smallest absolute Gasteiger partial charge is 0.410 e. The molecule has 2 rings (SSSR count). The van der Waals surface area contributed by atoms with E-state index in [1.54, 1.807) is 0 Å². The number of hydrogen-bond donors (Lipinski definition) is 1. The number of hydrogen-bond acceptors (Lipinski definition) is 6. The number of aliphatic hydroxyl groups is 1. The zero-order valence-electron chi connectivity index (χ0n) is 16.9. The van der Waals surface area contributed by atoms with Gasteiger partial charge in [-0.25, -0.2) is 4.79 Å². The maximum Gasteiger partial charge on any atom is 0.410 e. The molecule has 2 aromatic rings. The molecule has 0 aromatic heterocycles. The van der Waals surface area contributed by atoms with Crippen molar-refractivity contribution in [2.45, 2.75) is 25.6 Å². The molecular formula is C22H29NO6. The molecule has 0 bridgehead atoms. The van der Waals surface area contributed by atoms with Crippen molar-refractivity contribution in [3.63, 3.8) is 0 Å². The van der Waals surface area contributed by atoms with Gasteiger partial charge in [-0.2, -0.15) is 0 Å². The summed E-state index contributed by atoms with van der Waals surface area (Å²) in [7, 11) is 2.97. The van der Waals surface area contributed by atoms with Gasteiger partial charge in [-0.3, -0.25) is 0 Å². The number of ether oxygens (including phenoxy) is 4. The fourth-order valence-electron chi connectivity index (χ4n) is 2.65. The molecule has 1 atom stereocenters. The minimum atomic E-state index is -0.877. The van der Waals surface area contributed by atoms with Crippen LogP contribution in [0.5, 0.6) is 0 Å². The second-order valence-electron chi connectivity index (χ2n) is 6.50. The van der Waals surface area contributed by atoms with Gasteiger partial charge >= 0.3 is 6.09 Å². The fraction of sp³-hybridized carbons (Fsp3) is 0.409. The van der Waals surface area contributed by atoms with Crippen molar-refractivity contribution in [1.82, 2.24) is 4.90 Å². The SMILES string of the molecule is COC(CN(C[C@H](O)COCc1ccccc1)C(=O)OCc1ccccc1)OC. The topological polar surface area (TPSA) is 77.5 Å². The highest BCUT2D eigenvalue weighted by molar-refractivity contribution is 5.67. The minimum absolute atomic E-state index is 0.0334. The van der Waals surface area contributed by atoms with Gasteiger partial charge in [0.2, 0.25) is 0 Å². The first-order valence-electron chi connectivity index (χ1n) is 9.43. The molecule has 0 radical (unpaired) electrons. The van der Waals surface area contributed by atoms with Crippen LogP contribution in [0.1, 0.15) is 11.1 Å². The van der Waals surface area contributed by atoms with Gasteiger partial charge in [-0.1, -0.05) is 60.7 Å². The van der Waals surface area contributed by atoms with Gasteiger partial charge in [0.25, 0.3) is 0 Å². The van der Waals surface area contributed by atoms with Crippen molar-refractivity contribution in [2.75, 3.05) is 33.9 Å². The number of nitrogens with zero attached hydrogens (tertiary/aromatic N) is 1. The van der Waals surface area contributed by atoms with E-state index in [2.05, 4.69) is 0 Å². The van der Waals surface area contributed by atoms with E-state index in [9.17, 15) is 9.90 Å². The van der Waals surface area contributed by atoms with Gasteiger partial charge in [-0.05, 0) is 11.1 Å². The van der Waals surface area contributed by atoms with Crippen LogP contribution in [0.4, 0.5) is 4.79 Å². The predicted molar refractivity (Wildman–Crippen MR) is 108 cm³/mol. The Labute approximate surface area is 171 Å². The third-order valence-corrected chi connectivity index (χ3v) is 4.21. The summed E-state index contributed by atoms with van der Waals surface area (Å²) in [6, 6.07) is 19.1. The van der Waals surface area contributed by atoms with E-state index in [4.69, 9.17) is 18.9 Å². The number of rotatable bonds is 12. The van der Waals surface area contributed by atoms with Crippen molar-refractivity contribution in [3.8, 4) is 0 Å². The highest BCUT2D eigenvalue weighted by Gasteiger charge is 2.23. The number of methoxy groups -OCH3 is 2. The van der Waals surface area contributed by atoms with E-state index < -0.39 is 18.5 Å². The first-order chi connectivity index (χ1) is 14.1. The first kappa shape index (κ1) is 22.8. The van der Waals surface area contributed by atoms with Gasteiger partial charge in [0.05, 0.1) is 32.4 Å². The van der Waals surface area contributed by atoms with Crippen molar-refractivity contribution >= 4 is 6.09 Å². The molecule has 0 fully saturated rings. The molecule has 7 heteroatoms. The molecule has 0 heterocycles. The summed E-state index contributed by atoms with van der Waals surface area (Å²) in [5, 5.41) is 10.3. The molecule has 0 spiro atoms. The minimum Gasteiger partial charge on any atom is -0.445 e. The summed E-state index contributed by atoms with van der Waals surface area (Å²) in [6.07, 6.45) is -2.07. The first-order valence-corrected chi connectivity index (χ1v) is 9.43. The third-order valence-electron chi connectivity index (χ3n) is 4.21. The van der Waals surface area contributed by atoms with Crippen molar-refractivity contribution in [1.29, 1.82) is 0 Å². The standard InChI is InChI=1S/C22H29NO6/c1-26-21(27-2)14-23(22(25)29-16-19-11-7-4-8-12-19)13-20(24)17-28-15-18-9-5-3-6-10-18/h3-12,20-21,24H,13-17H2,1-2H3/t20-/m0/s1. The van der Waals surface area contributed by atoms with Gasteiger partial charge in [0, 0.05) is 14.2 Å². The van der Waals surface area contributed by atoms with E-state index in [1.807, 2.05) is 60.7 Å². The average molecular weight is 403 g/mol. The van der Waals surface area contributed by atoms with E-state index in [1.165, 1.54) is 19.1 Å². The van der Waals surface area contributed by atoms with Crippen LogP contribution in [0.3, 0.4) is 0 Å². The van der Waals surface area contributed by atoms with E-state index in [0.29, 0.717) is 6.61 Å². The van der Waals surface area contributed by atoms with Gasteiger partial charge in [-0.15, -0.1) is 0 Å². The Balaban J connectivity index is 1.86. The Hall–Kier alpha value is -2.45. The van der Waals surface area contributed by atoms with Crippen LogP contribution in [-0.4, -0.2) is 62.4 Å². The Morgan fingerprint density at radius 3 is 2.00 bits per heavy atom. The zero-order chi connectivity index (χ0) is 20.9. The summed E-state index contributed by atoms with van der Waals surface area (Å²) < 4.78 is 21.3. The maximum absolute atomic E-state index is 12.6.